The molecule has 1 saturated carbocycles. The third-order valence-electron chi connectivity index (χ3n) is 5.38. The van der Waals surface area contributed by atoms with Gasteiger partial charge in [-0.05, 0) is 18.6 Å². The van der Waals surface area contributed by atoms with Gasteiger partial charge in [-0.15, -0.1) is 0 Å². The number of sulfonamides is 1. The second-order valence-electron chi connectivity index (χ2n) is 7.65. The first-order valence-corrected chi connectivity index (χ1v) is 11.3. The lowest BCUT2D eigenvalue weighted by Crippen LogP contribution is -2.39. The van der Waals surface area contributed by atoms with Crippen molar-refractivity contribution in [1.29, 1.82) is 0 Å². The fourth-order valence-corrected chi connectivity index (χ4v) is 4.89. The quantitative estimate of drug-likeness (QED) is 0.536. The number of ether oxygens (including phenoxy) is 1. The van der Waals surface area contributed by atoms with Crippen molar-refractivity contribution in [3.63, 3.8) is 0 Å². The van der Waals surface area contributed by atoms with Gasteiger partial charge in [-0.1, -0.05) is 0 Å². The van der Waals surface area contributed by atoms with E-state index in [0.29, 0.717) is 17.8 Å². The van der Waals surface area contributed by atoms with Crippen LogP contribution in [0.3, 0.4) is 0 Å². The zero-order valence-electron chi connectivity index (χ0n) is 17.3. The summed E-state index contributed by atoms with van der Waals surface area (Å²) in [7, 11) is -2.89. The molecule has 1 aromatic carbocycles. The van der Waals surface area contributed by atoms with Crippen LogP contribution in [-0.2, 0) is 17.1 Å². The van der Waals surface area contributed by atoms with Crippen LogP contribution in [0.1, 0.15) is 30.9 Å². The maximum Gasteiger partial charge on any atom is 0.266 e. The van der Waals surface area contributed by atoms with E-state index in [9.17, 15) is 26.0 Å². The van der Waals surface area contributed by atoms with E-state index in [1.807, 2.05) is 4.72 Å². The number of alkyl halides is 2. The first-order chi connectivity index (χ1) is 15.6. The highest BCUT2D eigenvalue weighted by atomic mass is 32.2. The van der Waals surface area contributed by atoms with Crippen LogP contribution in [0.2, 0.25) is 0 Å². The molecular weight excluding hydrogens is 466 g/mol. The fourth-order valence-electron chi connectivity index (χ4n) is 3.81. The molecule has 0 aliphatic heterocycles. The van der Waals surface area contributed by atoms with E-state index in [1.54, 1.807) is 13.1 Å². The molecule has 2 heterocycles. The minimum atomic E-state index is -4.53. The van der Waals surface area contributed by atoms with Crippen LogP contribution in [0.5, 0.6) is 5.75 Å². The van der Waals surface area contributed by atoms with Gasteiger partial charge in [0, 0.05) is 56.0 Å². The molecule has 0 spiro atoms. The molecule has 8 nitrogen and oxygen atoms in total. The Morgan fingerprint density at radius 2 is 1.97 bits per heavy atom. The van der Waals surface area contributed by atoms with Crippen molar-refractivity contribution in [3.8, 4) is 5.75 Å². The average Bonchev–Trinajstić information content (AvgIpc) is 3.16. The second kappa shape index (κ2) is 8.61. The molecule has 0 unspecified atom stereocenters. The van der Waals surface area contributed by atoms with Crippen LogP contribution >= 0.6 is 0 Å². The largest absolute Gasteiger partial charge is 0.486 e. The van der Waals surface area contributed by atoms with Gasteiger partial charge in [0.1, 0.15) is 29.0 Å². The monoisotopic (exact) mass is 485 g/mol. The summed E-state index contributed by atoms with van der Waals surface area (Å²) in [6.45, 7) is 0. The number of hydrogen-bond acceptors (Lipinski definition) is 6. The number of aryl methyl sites for hydroxylation is 1. The Morgan fingerprint density at radius 3 is 2.64 bits per heavy atom. The Kier molecular flexibility index (Phi) is 5.99. The highest BCUT2D eigenvalue weighted by Crippen LogP contribution is 2.43. The predicted octanol–water partition coefficient (Wildman–Crippen LogP) is 3.64. The minimum Gasteiger partial charge on any atom is -0.486 e. The molecule has 1 N–H and O–H groups in total. The number of anilines is 1. The van der Waals surface area contributed by atoms with Crippen molar-refractivity contribution >= 4 is 15.8 Å². The molecule has 33 heavy (non-hydrogen) atoms. The number of nitrogens with one attached hydrogen (secondary N) is 1. The molecule has 0 saturated heterocycles. The summed E-state index contributed by atoms with van der Waals surface area (Å²) in [4.78, 5) is 6.32. The number of benzene rings is 1. The normalized spacial score (nSPS) is 20.4. The smallest absolute Gasteiger partial charge is 0.266 e. The molecule has 13 heteroatoms. The molecule has 0 amide bonds. The first-order valence-electron chi connectivity index (χ1n) is 9.86. The molecule has 1 aliphatic carbocycles. The van der Waals surface area contributed by atoms with E-state index in [4.69, 9.17) is 4.74 Å². The van der Waals surface area contributed by atoms with Gasteiger partial charge in [0.05, 0.1) is 0 Å². The summed E-state index contributed by atoms with van der Waals surface area (Å²) in [6, 6.07) is 3.85. The Bertz CT molecular complexity index is 1250. The minimum absolute atomic E-state index is 0.0522. The second-order valence-corrected chi connectivity index (χ2v) is 9.31. The van der Waals surface area contributed by atoms with Gasteiger partial charge in [0.15, 0.2) is 11.6 Å². The lowest BCUT2D eigenvalue weighted by atomic mass is 9.82. The van der Waals surface area contributed by atoms with Crippen LogP contribution < -0.4 is 9.46 Å². The fraction of sp³-hybridized carbons (Fsp3) is 0.350. The summed E-state index contributed by atoms with van der Waals surface area (Å²) in [5, 5.41) is 4.03. The summed E-state index contributed by atoms with van der Waals surface area (Å²) >= 11 is 0. The number of halogens is 4. The Morgan fingerprint density at radius 1 is 1.18 bits per heavy atom. The van der Waals surface area contributed by atoms with Crippen LogP contribution in [0.25, 0.3) is 0 Å². The molecule has 0 bridgehead atoms. The van der Waals surface area contributed by atoms with Crippen molar-refractivity contribution in [2.45, 2.75) is 42.1 Å². The van der Waals surface area contributed by atoms with Crippen molar-refractivity contribution in [2.75, 3.05) is 4.72 Å². The van der Waals surface area contributed by atoms with E-state index in [-0.39, 0.29) is 18.7 Å². The van der Waals surface area contributed by atoms with Gasteiger partial charge in [-0.2, -0.15) is 5.10 Å². The van der Waals surface area contributed by atoms with Crippen molar-refractivity contribution in [3.05, 3.63) is 60.3 Å². The molecule has 0 radical (unpaired) electrons. The molecular formula is C20H19F4N5O3S. The predicted molar refractivity (Wildman–Crippen MR) is 108 cm³/mol. The lowest BCUT2D eigenvalue weighted by Gasteiger charge is -2.36. The molecule has 2 aromatic heterocycles. The number of aromatic nitrogens is 4. The van der Waals surface area contributed by atoms with Gasteiger partial charge in [0.2, 0.25) is 0 Å². The third kappa shape index (κ3) is 4.92. The Hall–Kier alpha value is -3.22. The molecule has 2 atom stereocenters. The van der Waals surface area contributed by atoms with Crippen LogP contribution in [0.4, 0.5) is 23.4 Å². The summed E-state index contributed by atoms with van der Waals surface area (Å²) in [6.07, 6.45) is 1.62. The van der Waals surface area contributed by atoms with Crippen molar-refractivity contribution < 1.29 is 30.7 Å². The lowest BCUT2D eigenvalue weighted by molar-refractivity contribution is -0.0787. The molecule has 3 aromatic rings. The van der Waals surface area contributed by atoms with Crippen molar-refractivity contribution in [1.82, 2.24) is 19.7 Å². The van der Waals surface area contributed by atoms with Gasteiger partial charge in [-0.3, -0.25) is 9.40 Å². The molecule has 1 fully saturated rings. The molecule has 176 valence electrons. The Labute approximate surface area is 186 Å². The maximum absolute atomic E-state index is 14.8. The zero-order valence-corrected chi connectivity index (χ0v) is 18.1. The van der Waals surface area contributed by atoms with Gasteiger partial charge < -0.3 is 4.74 Å². The first kappa shape index (κ1) is 23.0. The zero-order chi connectivity index (χ0) is 23.8. The topological polar surface area (TPSA) is 99.0 Å². The van der Waals surface area contributed by atoms with E-state index in [1.165, 1.54) is 23.1 Å². The average molecular weight is 485 g/mol. The summed E-state index contributed by atoms with van der Waals surface area (Å²) < 4.78 is 91.7. The number of hydrogen-bond donors (Lipinski definition) is 1. The van der Waals surface area contributed by atoms with Crippen LogP contribution in [0.15, 0.2) is 47.9 Å². The third-order valence-corrected chi connectivity index (χ3v) is 6.75. The summed E-state index contributed by atoms with van der Waals surface area (Å²) in [5.41, 5.74) is 0.615. The van der Waals surface area contributed by atoms with E-state index >= 15 is 0 Å². The van der Waals surface area contributed by atoms with Gasteiger partial charge >= 0.3 is 0 Å². The molecule has 4 rings (SSSR count). The Balaban J connectivity index is 1.62. The SMILES string of the molecule is Cn1nccc1[C@H]1CCC(F)(F)C[C@@H]1Oc1cc(F)c(S(=O)(=O)Nc2ccncn2)cc1F. The maximum atomic E-state index is 14.8. The number of nitrogens with zero attached hydrogens (tertiary/aromatic N) is 4. The van der Waals surface area contributed by atoms with Crippen LogP contribution in [-0.4, -0.2) is 40.2 Å². The van der Waals surface area contributed by atoms with E-state index < -0.39 is 56.7 Å². The van der Waals surface area contributed by atoms with E-state index in [2.05, 4.69) is 15.1 Å². The molecule has 1 aliphatic rings. The van der Waals surface area contributed by atoms with Crippen molar-refractivity contribution in [2.24, 2.45) is 7.05 Å². The van der Waals surface area contributed by atoms with E-state index in [0.717, 1.165) is 6.33 Å². The highest BCUT2D eigenvalue weighted by molar-refractivity contribution is 7.92. The van der Waals surface area contributed by atoms with Crippen LogP contribution in [0, 0.1) is 11.6 Å². The standard InChI is InChI=1S/C20H19F4N5O3S/c1-29-15(3-7-27-29)12-2-5-20(23,24)10-17(12)32-16-8-14(22)18(9-13(16)21)33(30,31)28-19-4-6-25-11-26-19/h3-4,6-9,11-12,17H,2,5,10H2,1H3,(H,25,26,28)/t12-,17+/m1/s1. The van der Waals surface area contributed by atoms with Gasteiger partial charge in [-0.25, -0.2) is 35.9 Å². The van der Waals surface area contributed by atoms with Gasteiger partial charge in [0.25, 0.3) is 15.9 Å². The highest BCUT2D eigenvalue weighted by Gasteiger charge is 2.44. The number of rotatable bonds is 6. The summed E-state index contributed by atoms with van der Waals surface area (Å²) in [5.74, 6) is -6.91.